The molecule has 1 heterocycles. The van der Waals surface area contributed by atoms with Gasteiger partial charge in [-0.25, -0.2) is 0 Å². The van der Waals surface area contributed by atoms with Crippen LogP contribution in [0.3, 0.4) is 0 Å². The molecule has 1 aliphatic rings. The van der Waals surface area contributed by atoms with Crippen LogP contribution < -0.4 is 0 Å². The average Bonchev–Trinajstić information content (AvgIpc) is 2.38. The predicted octanol–water partition coefficient (Wildman–Crippen LogP) is 1.36. The Morgan fingerprint density at radius 3 is 2.58 bits per heavy atom. The molecule has 0 aliphatic carbocycles. The number of likely N-dealkylation sites (tertiary alicyclic amines) is 1. The van der Waals surface area contributed by atoms with Gasteiger partial charge in [-0.1, -0.05) is 31.2 Å². The summed E-state index contributed by atoms with van der Waals surface area (Å²) in [6.45, 7) is 4.18. The van der Waals surface area contributed by atoms with Crippen LogP contribution >= 0.6 is 0 Å². The van der Waals surface area contributed by atoms with Crippen molar-refractivity contribution < 1.29 is 14.6 Å². The molecule has 1 N–H and O–H groups in total. The number of ether oxygens (including phenoxy) is 1. The van der Waals surface area contributed by atoms with Gasteiger partial charge in [-0.2, -0.15) is 0 Å². The number of nitrogens with zero attached hydrogens (tertiary/aromatic N) is 1. The molecule has 0 amide bonds. The molecule has 0 saturated carbocycles. The Labute approximate surface area is 114 Å². The van der Waals surface area contributed by atoms with Crippen LogP contribution in [0.1, 0.15) is 24.5 Å². The van der Waals surface area contributed by atoms with E-state index in [1.54, 1.807) is 0 Å². The van der Waals surface area contributed by atoms with E-state index in [2.05, 4.69) is 4.90 Å². The van der Waals surface area contributed by atoms with Crippen molar-refractivity contribution in [1.82, 2.24) is 4.90 Å². The van der Waals surface area contributed by atoms with Gasteiger partial charge in [-0.3, -0.25) is 9.69 Å². The molecule has 1 aliphatic heterocycles. The summed E-state index contributed by atoms with van der Waals surface area (Å²) in [5.74, 6) is -0.221. The largest absolute Gasteiger partial charge is 0.469 e. The maximum absolute atomic E-state index is 11.4. The predicted molar refractivity (Wildman–Crippen MR) is 72.7 cm³/mol. The number of carbonyl (C=O) groups is 1. The number of methoxy groups -OCH3 is 1. The highest BCUT2D eigenvalue weighted by atomic mass is 16.5. The molecule has 1 fully saturated rings. The first-order valence-electron chi connectivity index (χ1n) is 6.64. The van der Waals surface area contributed by atoms with Gasteiger partial charge in [0.15, 0.2) is 0 Å². The van der Waals surface area contributed by atoms with Crippen LogP contribution in [0.4, 0.5) is 0 Å². The van der Waals surface area contributed by atoms with E-state index in [-0.39, 0.29) is 5.97 Å². The van der Waals surface area contributed by atoms with Crippen molar-refractivity contribution in [1.29, 1.82) is 0 Å². The summed E-state index contributed by atoms with van der Waals surface area (Å²) in [6.07, 6.45) is 1.09. The third-order valence-electron chi connectivity index (χ3n) is 3.77. The highest BCUT2D eigenvalue weighted by Crippen LogP contribution is 2.26. The molecule has 2 rings (SSSR count). The fourth-order valence-corrected chi connectivity index (χ4v) is 2.47. The van der Waals surface area contributed by atoms with Crippen molar-refractivity contribution in [2.24, 2.45) is 0 Å². The maximum Gasteiger partial charge on any atom is 0.309 e. The van der Waals surface area contributed by atoms with Crippen molar-refractivity contribution in [3.63, 3.8) is 0 Å². The van der Waals surface area contributed by atoms with Crippen LogP contribution in [0.25, 0.3) is 0 Å². The highest BCUT2D eigenvalue weighted by molar-refractivity contribution is 5.72. The van der Waals surface area contributed by atoms with Gasteiger partial charge in [-0.15, -0.1) is 0 Å². The first-order chi connectivity index (χ1) is 9.06. The number of carbonyl (C=O) groups excluding carboxylic acids is 1. The first kappa shape index (κ1) is 14.0. The lowest BCUT2D eigenvalue weighted by Crippen LogP contribution is -2.60. The van der Waals surface area contributed by atoms with Gasteiger partial charge in [0.05, 0.1) is 19.1 Å². The second-order valence-electron chi connectivity index (χ2n) is 5.24. The molecule has 0 bridgehead atoms. The van der Waals surface area contributed by atoms with E-state index in [9.17, 15) is 9.90 Å². The Morgan fingerprint density at radius 2 is 2.00 bits per heavy atom. The zero-order chi connectivity index (χ0) is 13.9. The number of β-amino-alcohol motifs (C(OH)–C–C–N with tert-alkyl or cyclic N) is 1. The SMILES string of the molecule is CCC1(O)CN(Cc2ccccc2CC(=O)OC)C1. The molecule has 0 aromatic heterocycles. The minimum atomic E-state index is -0.517. The third kappa shape index (κ3) is 3.33. The lowest BCUT2D eigenvalue weighted by atomic mass is 9.90. The summed E-state index contributed by atoms with van der Waals surface area (Å²) in [7, 11) is 1.40. The van der Waals surface area contributed by atoms with Gasteiger partial charge < -0.3 is 9.84 Å². The van der Waals surface area contributed by atoms with Crippen LogP contribution in [-0.4, -0.2) is 41.8 Å². The maximum atomic E-state index is 11.4. The van der Waals surface area contributed by atoms with Crippen molar-refractivity contribution in [3.8, 4) is 0 Å². The number of hydrogen-bond acceptors (Lipinski definition) is 4. The minimum Gasteiger partial charge on any atom is -0.469 e. The Bertz CT molecular complexity index is 452. The Hall–Kier alpha value is -1.39. The molecule has 0 spiro atoms. The number of esters is 1. The fraction of sp³-hybridized carbons (Fsp3) is 0.533. The standard InChI is InChI=1S/C15H21NO3/c1-3-15(18)10-16(11-15)9-13-7-5-4-6-12(13)8-14(17)19-2/h4-7,18H,3,8-11H2,1-2H3. The molecule has 1 saturated heterocycles. The molecular formula is C15H21NO3. The van der Waals surface area contributed by atoms with Gasteiger partial charge in [0, 0.05) is 19.6 Å². The van der Waals surface area contributed by atoms with E-state index >= 15 is 0 Å². The summed E-state index contributed by atoms with van der Waals surface area (Å²) >= 11 is 0. The summed E-state index contributed by atoms with van der Waals surface area (Å²) in [4.78, 5) is 13.6. The summed E-state index contributed by atoms with van der Waals surface area (Å²) in [5.41, 5.74) is 1.62. The monoisotopic (exact) mass is 263 g/mol. The number of hydrogen-bond donors (Lipinski definition) is 1. The number of rotatable bonds is 5. The first-order valence-corrected chi connectivity index (χ1v) is 6.64. The zero-order valence-electron chi connectivity index (χ0n) is 11.6. The van der Waals surface area contributed by atoms with Crippen LogP contribution in [-0.2, 0) is 22.5 Å². The smallest absolute Gasteiger partial charge is 0.309 e. The van der Waals surface area contributed by atoms with Gasteiger partial charge in [-0.05, 0) is 17.5 Å². The van der Waals surface area contributed by atoms with Crippen molar-refractivity contribution in [3.05, 3.63) is 35.4 Å². The molecule has 19 heavy (non-hydrogen) atoms. The summed E-state index contributed by atoms with van der Waals surface area (Å²) < 4.78 is 4.71. The fourth-order valence-electron chi connectivity index (χ4n) is 2.47. The van der Waals surface area contributed by atoms with Crippen LogP contribution in [0.5, 0.6) is 0 Å². The molecule has 0 unspecified atom stereocenters. The molecule has 0 radical (unpaired) electrons. The third-order valence-corrected chi connectivity index (χ3v) is 3.77. The quantitative estimate of drug-likeness (QED) is 0.815. The summed E-state index contributed by atoms with van der Waals surface area (Å²) in [5, 5.41) is 10.0. The van der Waals surface area contributed by atoms with Crippen molar-refractivity contribution in [2.75, 3.05) is 20.2 Å². The Morgan fingerprint density at radius 1 is 1.37 bits per heavy atom. The van der Waals surface area contributed by atoms with Gasteiger partial charge in [0.25, 0.3) is 0 Å². The van der Waals surface area contributed by atoms with Crippen molar-refractivity contribution in [2.45, 2.75) is 31.9 Å². The van der Waals surface area contributed by atoms with Crippen LogP contribution in [0.15, 0.2) is 24.3 Å². The molecule has 104 valence electrons. The van der Waals surface area contributed by atoms with E-state index in [1.807, 2.05) is 31.2 Å². The second kappa shape index (κ2) is 5.72. The molecule has 1 aromatic rings. The normalized spacial score (nSPS) is 17.8. The topological polar surface area (TPSA) is 49.8 Å². The summed E-state index contributed by atoms with van der Waals surface area (Å²) in [6, 6.07) is 7.89. The Balaban J connectivity index is 1.99. The minimum absolute atomic E-state index is 0.221. The van der Waals surface area contributed by atoms with Crippen molar-refractivity contribution >= 4 is 5.97 Å². The van der Waals surface area contributed by atoms with Gasteiger partial charge >= 0.3 is 5.97 Å². The molecule has 4 nitrogen and oxygen atoms in total. The van der Waals surface area contributed by atoms with E-state index in [4.69, 9.17) is 4.74 Å². The van der Waals surface area contributed by atoms with E-state index in [1.165, 1.54) is 7.11 Å². The Kier molecular flexibility index (Phi) is 4.22. The zero-order valence-corrected chi connectivity index (χ0v) is 11.6. The number of aliphatic hydroxyl groups is 1. The molecule has 0 atom stereocenters. The molecular weight excluding hydrogens is 242 g/mol. The molecule has 1 aromatic carbocycles. The van der Waals surface area contributed by atoms with Crippen LogP contribution in [0, 0.1) is 0 Å². The van der Waals surface area contributed by atoms with E-state index < -0.39 is 5.60 Å². The number of benzene rings is 1. The van der Waals surface area contributed by atoms with Gasteiger partial charge in [0.2, 0.25) is 0 Å². The lowest BCUT2D eigenvalue weighted by Gasteiger charge is -2.46. The molecule has 4 heteroatoms. The highest BCUT2D eigenvalue weighted by Gasteiger charge is 2.39. The lowest BCUT2D eigenvalue weighted by molar-refractivity contribution is -0.139. The van der Waals surface area contributed by atoms with Gasteiger partial charge in [0.1, 0.15) is 0 Å². The second-order valence-corrected chi connectivity index (χ2v) is 5.24. The van der Waals surface area contributed by atoms with E-state index in [0.717, 1.165) is 24.1 Å². The van der Waals surface area contributed by atoms with E-state index in [0.29, 0.717) is 19.5 Å². The average molecular weight is 263 g/mol. The van der Waals surface area contributed by atoms with Crippen LogP contribution in [0.2, 0.25) is 0 Å².